The molecule has 1 N–H and O–H groups in total. The predicted molar refractivity (Wildman–Crippen MR) is 82.1 cm³/mol. The van der Waals surface area contributed by atoms with Crippen LogP contribution in [-0.4, -0.2) is 28.1 Å². The van der Waals surface area contributed by atoms with Crippen molar-refractivity contribution in [3.63, 3.8) is 0 Å². The summed E-state index contributed by atoms with van der Waals surface area (Å²) in [6, 6.07) is 4.01. The lowest BCUT2D eigenvalue weighted by Gasteiger charge is -2.20. The van der Waals surface area contributed by atoms with E-state index in [1.165, 1.54) is 0 Å². The highest BCUT2D eigenvalue weighted by Crippen LogP contribution is 2.25. The maximum Gasteiger partial charge on any atom is 0.180 e. The standard InChI is InChI=1S/C16H20N4O/c1-3-7-17-15-12-10-21-8-6-13(12)19-16(20-15)14-5-4-11(2)9-18-14/h4-5,9H,3,6-8,10H2,1-2H3,(H,17,19,20). The first kappa shape index (κ1) is 13.9. The van der Waals surface area contributed by atoms with Crippen molar-refractivity contribution in [3.05, 3.63) is 35.2 Å². The van der Waals surface area contributed by atoms with E-state index in [9.17, 15) is 0 Å². The average Bonchev–Trinajstić information content (AvgIpc) is 2.53. The molecule has 0 atom stereocenters. The highest BCUT2D eigenvalue weighted by molar-refractivity contribution is 5.57. The van der Waals surface area contributed by atoms with E-state index in [0.29, 0.717) is 12.4 Å². The van der Waals surface area contributed by atoms with E-state index >= 15 is 0 Å². The molecule has 5 nitrogen and oxygen atoms in total. The number of hydrogen-bond acceptors (Lipinski definition) is 5. The smallest absolute Gasteiger partial charge is 0.180 e. The third-order valence-corrected chi connectivity index (χ3v) is 3.51. The van der Waals surface area contributed by atoms with Crippen LogP contribution in [0, 0.1) is 6.92 Å². The first-order valence-corrected chi connectivity index (χ1v) is 7.42. The highest BCUT2D eigenvalue weighted by atomic mass is 16.5. The van der Waals surface area contributed by atoms with E-state index in [1.807, 2.05) is 25.3 Å². The van der Waals surface area contributed by atoms with Crippen LogP contribution in [0.15, 0.2) is 18.3 Å². The first-order chi connectivity index (χ1) is 10.3. The van der Waals surface area contributed by atoms with Gasteiger partial charge in [-0.25, -0.2) is 9.97 Å². The van der Waals surface area contributed by atoms with Gasteiger partial charge in [-0.3, -0.25) is 4.98 Å². The largest absolute Gasteiger partial charge is 0.376 e. The van der Waals surface area contributed by atoms with Crippen LogP contribution in [0.1, 0.15) is 30.2 Å². The predicted octanol–water partition coefficient (Wildman–Crippen LogP) is 2.74. The van der Waals surface area contributed by atoms with E-state index in [4.69, 9.17) is 4.74 Å². The number of hydrogen-bond donors (Lipinski definition) is 1. The Hall–Kier alpha value is -2.01. The second-order valence-electron chi connectivity index (χ2n) is 5.27. The minimum absolute atomic E-state index is 0.586. The van der Waals surface area contributed by atoms with Crippen LogP contribution < -0.4 is 5.32 Å². The average molecular weight is 284 g/mol. The molecule has 0 unspecified atom stereocenters. The number of aromatic nitrogens is 3. The zero-order chi connectivity index (χ0) is 14.7. The Bertz CT molecular complexity index is 625. The number of nitrogens with zero attached hydrogens (tertiary/aromatic N) is 3. The van der Waals surface area contributed by atoms with E-state index in [1.54, 1.807) is 0 Å². The fourth-order valence-electron chi connectivity index (χ4n) is 2.34. The Kier molecular flexibility index (Phi) is 4.10. The van der Waals surface area contributed by atoms with Gasteiger partial charge in [0.1, 0.15) is 11.5 Å². The van der Waals surface area contributed by atoms with Gasteiger partial charge in [0.05, 0.1) is 18.9 Å². The lowest BCUT2D eigenvalue weighted by Crippen LogP contribution is -2.17. The molecule has 1 aliphatic heterocycles. The molecule has 0 aromatic carbocycles. The molecule has 21 heavy (non-hydrogen) atoms. The number of ether oxygens (including phenoxy) is 1. The fourth-order valence-corrected chi connectivity index (χ4v) is 2.34. The van der Waals surface area contributed by atoms with Crippen molar-refractivity contribution in [2.45, 2.75) is 33.3 Å². The van der Waals surface area contributed by atoms with Crippen molar-refractivity contribution in [3.8, 4) is 11.5 Å². The van der Waals surface area contributed by atoms with Crippen LogP contribution in [0.3, 0.4) is 0 Å². The summed E-state index contributed by atoms with van der Waals surface area (Å²) in [6.45, 7) is 6.36. The summed E-state index contributed by atoms with van der Waals surface area (Å²) in [4.78, 5) is 13.8. The third-order valence-electron chi connectivity index (χ3n) is 3.51. The molecule has 2 aromatic rings. The van der Waals surface area contributed by atoms with Gasteiger partial charge in [-0.2, -0.15) is 0 Å². The van der Waals surface area contributed by atoms with E-state index in [0.717, 1.165) is 54.3 Å². The highest BCUT2D eigenvalue weighted by Gasteiger charge is 2.19. The van der Waals surface area contributed by atoms with Crippen LogP contribution in [-0.2, 0) is 17.8 Å². The summed E-state index contributed by atoms with van der Waals surface area (Å²) < 4.78 is 5.54. The topological polar surface area (TPSA) is 59.9 Å². The van der Waals surface area contributed by atoms with Crippen LogP contribution in [0.4, 0.5) is 5.82 Å². The van der Waals surface area contributed by atoms with Crippen molar-refractivity contribution in [2.24, 2.45) is 0 Å². The molecule has 0 spiro atoms. The Morgan fingerprint density at radius 2 is 2.19 bits per heavy atom. The number of rotatable bonds is 4. The Balaban J connectivity index is 2.02. The normalized spacial score (nSPS) is 13.8. The van der Waals surface area contributed by atoms with E-state index in [-0.39, 0.29) is 0 Å². The zero-order valence-corrected chi connectivity index (χ0v) is 12.5. The summed E-state index contributed by atoms with van der Waals surface area (Å²) in [5.41, 5.74) is 4.11. The summed E-state index contributed by atoms with van der Waals surface area (Å²) >= 11 is 0. The van der Waals surface area contributed by atoms with E-state index in [2.05, 4.69) is 27.2 Å². The molecule has 0 radical (unpaired) electrons. The molecule has 0 aliphatic carbocycles. The second-order valence-corrected chi connectivity index (χ2v) is 5.27. The van der Waals surface area contributed by atoms with Gasteiger partial charge < -0.3 is 10.1 Å². The lowest BCUT2D eigenvalue weighted by molar-refractivity contribution is 0.109. The van der Waals surface area contributed by atoms with Crippen molar-refractivity contribution < 1.29 is 4.74 Å². The molecule has 0 bridgehead atoms. The minimum Gasteiger partial charge on any atom is -0.376 e. The third kappa shape index (κ3) is 3.03. The summed E-state index contributed by atoms with van der Waals surface area (Å²) in [6.07, 6.45) is 3.73. The number of anilines is 1. The van der Waals surface area contributed by atoms with Crippen molar-refractivity contribution in [2.75, 3.05) is 18.5 Å². The molecule has 0 amide bonds. The van der Waals surface area contributed by atoms with Gasteiger partial charge in [-0.15, -0.1) is 0 Å². The molecule has 5 heteroatoms. The minimum atomic E-state index is 0.586. The van der Waals surface area contributed by atoms with Gasteiger partial charge >= 0.3 is 0 Å². The maximum absolute atomic E-state index is 5.54. The second kappa shape index (κ2) is 6.18. The van der Waals surface area contributed by atoms with Crippen LogP contribution in [0.2, 0.25) is 0 Å². The van der Waals surface area contributed by atoms with Crippen molar-refractivity contribution in [1.82, 2.24) is 15.0 Å². The Labute approximate surface area is 124 Å². The van der Waals surface area contributed by atoms with Gasteiger partial charge in [0.25, 0.3) is 0 Å². The summed E-state index contributed by atoms with van der Waals surface area (Å²) in [5, 5.41) is 3.39. The molecule has 0 fully saturated rings. The molecular weight excluding hydrogens is 264 g/mol. The molecule has 2 aromatic heterocycles. The van der Waals surface area contributed by atoms with Gasteiger partial charge in [0.2, 0.25) is 0 Å². The number of aryl methyl sites for hydroxylation is 1. The first-order valence-electron chi connectivity index (χ1n) is 7.42. The van der Waals surface area contributed by atoms with E-state index < -0.39 is 0 Å². The molecule has 0 saturated carbocycles. The van der Waals surface area contributed by atoms with Gasteiger partial charge in [0, 0.05) is 24.7 Å². The molecule has 0 saturated heterocycles. The Morgan fingerprint density at radius 3 is 2.95 bits per heavy atom. The Morgan fingerprint density at radius 1 is 1.29 bits per heavy atom. The number of pyridine rings is 1. The zero-order valence-electron chi connectivity index (χ0n) is 12.5. The lowest BCUT2D eigenvalue weighted by atomic mass is 10.1. The fraction of sp³-hybridized carbons (Fsp3) is 0.438. The van der Waals surface area contributed by atoms with Crippen LogP contribution >= 0.6 is 0 Å². The number of nitrogens with one attached hydrogen (secondary N) is 1. The molecule has 3 heterocycles. The molecule has 110 valence electrons. The van der Waals surface area contributed by atoms with Crippen molar-refractivity contribution >= 4 is 5.82 Å². The summed E-state index contributed by atoms with van der Waals surface area (Å²) in [5.74, 6) is 1.58. The van der Waals surface area contributed by atoms with Gasteiger partial charge in [0.15, 0.2) is 5.82 Å². The number of fused-ring (bicyclic) bond motifs is 1. The summed E-state index contributed by atoms with van der Waals surface area (Å²) in [7, 11) is 0. The molecule has 1 aliphatic rings. The van der Waals surface area contributed by atoms with Crippen LogP contribution in [0.5, 0.6) is 0 Å². The van der Waals surface area contributed by atoms with Crippen LogP contribution in [0.25, 0.3) is 11.5 Å². The monoisotopic (exact) mass is 284 g/mol. The quantitative estimate of drug-likeness (QED) is 0.935. The molecular formula is C16H20N4O. The van der Waals surface area contributed by atoms with Crippen molar-refractivity contribution in [1.29, 1.82) is 0 Å². The maximum atomic E-state index is 5.54. The van der Waals surface area contributed by atoms with Gasteiger partial charge in [-0.1, -0.05) is 13.0 Å². The SMILES string of the molecule is CCCNc1nc(-c2ccc(C)cn2)nc2c1COCC2. The molecule has 3 rings (SSSR count). The van der Waals surface area contributed by atoms with Gasteiger partial charge in [-0.05, 0) is 25.0 Å².